The van der Waals surface area contributed by atoms with Gasteiger partial charge in [0.25, 0.3) is 0 Å². The number of anilines is 1. The molecule has 5 nitrogen and oxygen atoms in total. The van der Waals surface area contributed by atoms with Crippen LogP contribution in [0.25, 0.3) is 0 Å². The van der Waals surface area contributed by atoms with Crippen LogP contribution in [0.1, 0.15) is 25.3 Å². The maximum Gasteiger partial charge on any atom is 0.234 e. The van der Waals surface area contributed by atoms with E-state index in [1.807, 2.05) is 24.3 Å². The molecule has 168 valence electrons. The zero-order chi connectivity index (χ0) is 22.7. The number of amides is 1. The predicted octanol–water partition coefficient (Wildman–Crippen LogP) is 5.63. The summed E-state index contributed by atoms with van der Waals surface area (Å²) in [4.78, 5) is 25.0. The number of halogens is 3. The predicted molar refractivity (Wildman–Crippen MR) is 135 cm³/mol. The van der Waals surface area contributed by atoms with Crippen LogP contribution in [0, 0.1) is 5.82 Å². The maximum atomic E-state index is 13.4. The molecule has 1 saturated heterocycles. The Balaban J connectivity index is 1.50. The largest absolute Gasteiger partial charge is 0.325 e. The fraction of sp³-hybridized carbons (Fsp3) is 0.348. The molecule has 2 aromatic rings. The Morgan fingerprint density at radius 1 is 1.22 bits per heavy atom. The van der Waals surface area contributed by atoms with E-state index < -0.39 is 11.5 Å². The van der Waals surface area contributed by atoms with Gasteiger partial charge >= 0.3 is 0 Å². The standard InChI is InChI=1S/C23H23BrClFN4OS/c1-2-30-11-9-23(10-12-30)28-21(15-3-5-16(24)6-4-15)22(29-23)32-14-20(31)27-17-7-8-19(26)18(25)13-17/h3-8,13H,2,9-12,14H2,1H3,(H,27,31). The molecule has 0 aliphatic carbocycles. The van der Waals surface area contributed by atoms with Crippen LogP contribution in [0.5, 0.6) is 0 Å². The Hall–Kier alpha value is -1.74. The van der Waals surface area contributed by atoms with Gasteiger partial charge in [0.2, 0.25) is 5.91 Å². The van der Waals surface area contributed by atoms with Gasteiger partial charge < -0.3 is 10.2 Å². The number of likely N-dealkylation sites (tertiary alicyclic amines) is 1. The van der Waals surface area contributed by atoms with Crippen LogP contribution >= 0.6 is 39.3 Å². The molecule has 2 aromatic carbocycles. The van der Waals surface area contributed by atoms with Crippen molar-refractivity contribution in [1.29, 1.82) is 0 Å². The van der Waals surface area contributed by atoms with Crippen molar-refractivity contribution in [2.45, 2.75) is 25.4 Å². The number of carbonyl (C=O) groups excluding carboxylic acids is 1. The number of benzene rings is 2. The number of nitrogens with one attached hydrogen (secondary N) is 1. The third-order valence-electron chi connectivity index (χ3n) is 5.60. The highest BCUT2D eigenvalue weighted by Crippen LogP contribution is 2.35. The van der Waals surface area contributed by atoms with Gasteiger partial charge in [-0.15, -0.1) is 0 Å². The second kappa shape index (κ2) is 10.0. The van der Waals surface area contributed by atoms with Gasteiger partial charge in [0, 0.05) is 41.7 Å². The van der Waals surface area contributed by atoms with Crippen LogP contribution in [0.15, 0.2) is 56.9 Å². The summed E-state index contributed by atoms with van der Waals surface area (Å²) in [7, 11) is 0. The molecule has 0 saturated carbocycles. The average Bonchev–Trinajstić information content (AvgIpc) is 3.14. The van der Waals surface area contributed by atoms with Crippen LogP contribution in [-0.4, -0.2) is 52.6 Å². The first-order chi connectivity index (χ1) is 15.4. The molecule has 0 radical (unpaired) electrons. The summed E-state index contributed by atoms with van der Waals surface area (Å²) < 4.78 is 14.3. The molecule has 2 aliphatic heterocycles. The van der Waals surface area contributed by atoms with E-state index in [2.05, 4.69) is 33.1 Å². The molecular formula is C23H23BrClFN4OS. The van der Waals surface area contributed by atoms with Gasteiger partial charge in [-0.25, -0.2) is 9.38 Å². The minimum absolute atomic E-state index is 0.0272. The number of piperidine rings is 1. The Bertz CT molecular complexity index is 1070. The van der Waals surface area contributed by atoms with E-state index in [1.54, 1.807) is 0 Å². The first-order valence-electron chi connectivity index (χ1n) is 10.4. The third-order valence-corrected chi connectivity index (χ3v) is 7.38. The van der Waals surface area contributed by atoms with Gasteiger partial charge in [-0.1, -0.05) is 58.3 Å². The highest BCUT2D eigenvalue weighted by molar-refractivity contribution is 9.10. The average molecular weight is 538 g/mol. The molecule has 0 unspecified atom stereocenters. The van der Waals surface area contributed by atoms with Gasteiger partial charge in [-0.05, 0) is 36.9 Å². The number of thioether (sulfide) groups is 1. The molecule has 32 heavy (non-hydrogen) atoms. The van der Waals surface area contributed by atoms with E-state index in [0.717, 1.165) is 53.3 Å². The lowest BCUT2D eigenvalue weighted by atomic mass is 9.98. The summed E-state index contributed by atoms with van der Waals surface area (Å²) >= 11 is 10.7. The van der Waals surface area contributed by atoms with Crippen molar-refractivity contribution < 1.29 is 9.18 Å². The van der Waals surface area contributed by atoms with Gasteiger partial charge in [0.15, 0.2) is 5.66 Å². The molecule has 0 atom stereocenters. The molecule has 2 heterocycles. The Labute approximate surface area is 204 Å². The monoisotopic (exact) mass is 536 g/mol. The van der Waals surface area contributed by atoms with Crippen LogP contribution in [0.4, 0.5) is 10.1 Å². The lowest BCUT2D eigenvalue weighted by molar-refractivity contribution is -0.113. The molecule has 1 N–H and O–H groups in total. The van der Waals surface area contributed by atoms with E-state index in [0.29, 0.717) is 5.69 Å². The Morgan fingerprint density at radius 3 is 2.59 bits per heavy atom. The van der Waals surface area contributed by atoms with E-state index in [4.69, 9.17) is 21.6 Å². The fourth-order valence-corrected chi connectivity index (χ4v) is 5.09. The summed E-state index contributed by atoms with van der Waals surface area (Å²) in [6.45, 7) is 5.11. The van der Waals surface area contributed by atoms with Crippen molar-refractivity contribution in [3.8, 4) is 0 Å². The summed E-state index contributed by atoms with van der Waals surface area (Å²) in [5.41, 5.74) is 1.84. The fourth-order valence-electron chi connectivity index (χ4n) is 3.78. The van der Waals surface area contributed by atoms with Crippen molar-refractivity contribution in [3.05, 3.63) is 63.3 Å². The van der Waals surface area contributed by atoms with Crippen molar-refractivity contribution in [3.63, 3.8) is 0 Å². The zero-order valence-corrected chi connectivity index (χ0v) is 20.7. The molecule has 2 aliphatic rings. The lowest BCUT2D eigenvalue weighted by Gasteiger charge is -2.34. The number of carbonyl (C=O) groups is 1. The van der Waals surface area contributed by atoms with Crippen LogP contribution in [0.2, 0.25) is 5.02 Å². The quantitative estimate of drug-likeness (QED) is 0.538. The Morgan fingerprint density at radius 2 is 1.94 bits per heavy atom. The van der Waals surface area contributed by atoms with E-state index in [1.165, 1.54) is 30.0 Å². The van der Waals surface area contributed by atoms with Crippen LogP contribution < -0.4 is 5.32 Å². The number of hydrogen-bond donors (Lipinski definition) is 1. The smallest absolute Gasteiger partial charge is 0.234 e. The molecule has 1 spiro atoms. The van der Waals surface area contributed by atoms with Gasteiger partial charge in [0.05, 0.1) is 16.5 Å². The zero-order valence-electron chi connectivity index (χ0n) is 17.6. The first-order valence-corrected chi connectivity index (χ1v) is 12.6. The summed E-state index contributed by atoms with van der Waals surface area (Å²) in [6.07, 6.45) is 1.73. The third kappa shape index (κ3) is 5.42. The van der Waals surface area contributed by atoms with Gasteiger partial charge in [-0.3, -0.25) is 9.79 Å². The molecule has 0 aromatic heterocycles. The van der Waals surface area contributed by atoms with E-state index in [-0.39, 0.29) is 16.7 Å². The molecule has 0 bridgehead atoms. The molecule has 4 rings (SSSR count). The topological polar surface area (TPSA) is 57.1 Å². The van der Waals surface area contributed by atoms with Crippen molar-refractivity contribution >= 4 is 61.6 Å². The second-order valence-corrected chi connectivity index (χ2v) is 10.1. The van der Waals surface area contributed by atoms with Crippen LogP contribution in [0.3, 0.4) is 0 Å². The first kappa shape index (κ1) is 23.4. The summed E-state index contributed by atoms with van der Waals surface area (Å²) in [5.74, 6) is -0.563. The SMILES string of the molecule is CCN1CCC2(CC1)N=C(SCC(=O)Nc1ccc(F)c(Cl)c1)C(c1ccc(Br)cc1)=N2. The van der Waals surface area contributed by atoms with Crippen molar-refractivity contribution in [2.24, 2.45) is 9.98 Å². The summed E-state index contributed by atoms with van der Waals surface area (Å²) in [5, 5.41) is 3.52. The normalized spacial score (nSPS) is 17.9. The Kier molecular flexibility index (Phi) is 7.34. The lowest BCUT2D eigenvalue weighted by Crippen LogP contribution is -2.41. The van der Waals surface area contributed by atoms with Crippen molar-refractivity contribution in [2.75, 3.05) is 30.7 Å². The van der Waals surface area contributed by atoms with Gasteiger partial charge in [-0.2, -0.15) is 0 Å². The molecule has 1 fully saturated rings. The minimum Gasteiger partial charge on any atom is -0.325 e. The number of hydrogen-bond acceptors (Lipinski definition) is 5. The molecular weight excluding hydrogens is 515 g/mol. The van der Waals surface area contributed by atoms with Crippen molar-refractivity contribution in [1.82, 2.24) is 4.90 Å². The van der Waals surface area contributed by atoms with Crippen LogP contribution in [-0.2, 0) is 4.79 Å². The number of rotatable bonds is 5. The van der Waals surface area contributed by atoms with Gasteiger partial charge in [0.1, 0.15) is 10.9 Å². The molecule has 1 amide bonds. The highest BCUT2D eigenvalue weighted by Gasteiger charge is 2.39. The second-order valence-electron chi connectivity index (χ2n) is 7.77. The highest BCUT2D eigenvalue weighted by atomic mass is 79.9. The minimum atomic E-state index is -0.519. The van der Waals surface area contributed by atoms with E-state index >= 15 is 0 Å². The van der Waals surface area contributed by atoms with E-state index in [9.17, 15) is 9.18 Å². The summed E-state index contributed by atoms with van der Waals surface area (Å²) in [6, 6.07) is 12.1. The number of aliphatic imine (C=N–C) groups is 2. The number of nitrogens with zero attached hydrogens (tertiary/aromatic N) is 3. The maximum absolute atomic E-state index is 13.4. The molecule has 9 heteroatoms.